The first kappa shape index (κ1) is 15.5. The van der Waals surface area contributed by atoms with Crippen molar-refractivity contribution in [1.82, 2.24) is 0 Å². The lowest BCUT2D eigenvalue weighted by Gasteiger charge is -2.26. The summed E-state index contributed by atoms with van der Waals surface area (Å²) in [6.07, 6.45) is 0.905. The summed E-state index contributed by atoms with van der Waals surface area (Å²) in [4.78, 5) is 33.4. The highest BCUT2D eigenvalue weighted by Gasteiger charge is 2.43. The number of ketones is 1. The van der Waals surface area contributed by atoms with E-state index in [9.17, 15) is 19.7 Å². The first-order valence-corrected chi connectivity index (χ1v) is 5.63. The summed E-state index contributed by atoms with van der Waals surface area (Å²) in [6.45, 7) is 2.96. The molecule has 0 bridgehead atoms. The molecule has 1 atom stereocenters. The van der Waals surface area contributed by atoms with Crippen LogP contribution >= 0.6 is 0 Å². The van der Waals surface area contributed by atoms with Crippen LogP contribution in [0.5, 0.6) is 0 Å². The van der Waals surface area contributed by atoms with E-state index in [1.807, 2.05) is 6.92 Å². The molecule has 0 aliphatic carbocycles. The average molecular weight is 245 g/mol. The number of ether oxygens (including phenoxy) is 1. The molecule has 0 N–H and O–H groups in total. The molecule has 6 nitrogen and oxygen atoms in total. The molecule has 0 saturated carbocycles. The third kappa shape index (κ3) is 4.50. The van der Waals surface area contributed by atoms with Gasteiger partial charge in [0.25, 0.3) is 0 Å². The van der Waals surface area contributed by atoms with Crippen molar-refractivity contribution in [2.75, 3.05) is 13.7 Å². The first-order valence-electron chi connectivity index (χ1n) is 5.63. The van der Waals surface area contributed by atoms with Crippen molar-refractivity contribution in [2.24, 2.45) is 5.41 Å². The van der Waals surface area contributed by atoms with Crippen LogP contribution in [0.3, 0.4) is 0 Å². The largest absolute Gasteiger partial charge is 0.469 e. The fourth-order valence-corrected chi connectivity index (χ4v) is 2.00. The first-order chi connectivity index (χ1) is 7.91. The Hall–Kier alpha value is -1.46. The Balaban J connectivity index is 5.14. The van der Waals surface area contributed by atoms with Gasteiger partial charge in [-0.15, -0.1) is 0 Å². The van der Waals surface area contributed by atoms with Crippen LogP contribution < -0.4 is 0 Å². The van der Waals surface area contributed by atoms with Crippen LogP contribution in [0.15, 0.2) is 0 Å². The number of carbonyl (C=O) groups excluding carboxylic acids is 2. The molecule has 0 aliphatic rings. The molecule has 0 spiro atoms. The minimum absolute atomic E-state index is 0.185. The zero-order valence-corrected chi connectivity index (χ0v) is 10.5. The SMILES string of the molecule is CCCC(CC(=O)OC)(C[N+](=O)[O-])C(=O)CC. The number of Topliss-reactive ketones (excluding diaryl/α,β-unsaturated/α-hetero) is 1. The maximum atomic E-state index is 11.9. The lowest BCUT2D eigenvalue weighted by Crippen LogP contribution is -2.40. The topological polar surface area (TPSA) is 86.5 Å². The number of hydrogen-bond donors (Lipinski definition) is 0. The number of nitrogens with zero attached hydrogens (tertiary/aromatic N) is 1. The standard InChI is InChI=1S/C11H19NO5/c1-4-6-11(8-12(15)16,9(13)5-2)7-10(14)17-3/h4-8H2,1-3H3. The highest BCUT2D eigenvalue weighted by Crippen LogP contribution is 2.31. The zero-order valence-electron chi connectivity index (χ0n) is 10.5. The van der Waals surface area contributed by atoms with Gasteiger partial charge >= 0.3 is 5.97 Å². The summed E-state index contributed by atoms with van der Waals surface area (Å²) in [7, 11) is 1.21. The molecule has 0 fully saturated rings. The van der Waals surface area contributed by atoms with Crippen LogP contribution in [0, 0.1) is 15.5 Å². The summed E-state index contributed by atoms with van der Waals surface area (Å²) >= 11 is 0. The van der Waals surface area contributed by atoms with Gasteiger partial charge in [0, 0.05) is 11.3 Å². The second kappa shape index (κ2) is 6.98. The Labute approximate surface area is 100 Å². The van der Waals surface area contributed by atoms with Gasteiger partial charge in [-0.2, -0.15) is 0 Å². The van der Waals surface area contributed by atoms with Crippen molar-refractivity contribution in [1.29, 1.82) is 0 Å². The van der Waals surface area contributed by atoms with Gasteiger partial charge in [0.15, 0.2) is 0 Å². The monoisotopic (exact) mass is 245 g/mol. The van der Waals surface area contributed by atoms with Crippen LogP contribution in [0.2, 0.25) is 0 Å². The van der Waals surface area contributed by atoms with Crippen molar-refractivity contribution in [2.45, 2.75) is 39.5 Å². The zero-order chi connectivity index (χ0) is 13.5. The van der Waals surface area contributed by atoms with Gasteiger partial charge < -0.3 is 4.74 Å². The van der Waals surface area contributed by atoms with Crippen LogP contribution in [-0.4, -0.2) is 30.3 Å². The van der Waals surface area contributed by atoms with Gasteiger partial charge in [-0.25, -0.2) is 0 Å². The second-order valence-corrected chi connectivity index (χ2v) is 4.05. The van der Waals surface area contributed by atoms with E-state index in [2.05, 4.69) is 4.74 Å². The minimum Gasteiger partial charge on any atom is -0.469 e. The molecule has 1 unspecified atom stereocenters. The van der Waals surface area contributed by atoms with Crippen LogP contribution in [0.25, 0.3) is 0 Å². The normalized spacial score (nSPS) is 13.8. The van der Waals surface area contributed by atoms with Gasteiger partial charge in [0.1, 0.15) is 11.2 Å². The van der Waals surface area contributed by atoms with Crippen LogP contribution in [-0.2, 0) is 14.3 Å². The molecule has 0 aromatic heterocycles. The van der Waals surface area contributed by atoms with Crippen LogP contribution in [0.1, 0.15) is 39.5 Å². The number of hydrogen-bond acceptors (Lipinski definition) is 5. The van der Waals surface area contributed by atoms with Gasteiger partial charge in [-0.1, -0.05) is 20.3 Å². The fraction of sp³-hybridized carbons (Fsp3) is 0.818. The number of esters is 1. The minimum atomic E-state index is -1.21. The van der Waals surface area contributed by atoms with Gasteiger partial charge in [-0.3, -0.25) is 19.7 Å². The Morgan fingerprint density at radius 3 is 2.29 bits per heavy atom. The lowest BCUT2D eigenvalue weighted by molar-refractivity contribution is -0.494. The number of carbonyl (C=O) groups is 2. The molecule has 0 heterocycles. The third-order valence-corrected chi connectivity index (χ3v) is 2.78. The smallest absolute Gasteiger partial charge is 0.306 e. The Kier molecular flexibility index (Phi) is 6.38. The molecule has 0 aromatic rings. The third-order valence-electron chi connectivity index (χ3n) is 2.78. The summed E-state index contributed by atoms with van der Waals surface area (Å²) in [6, 6.07) is 0. The van der Waals surface area contributed by atoms with E-state index in [4.69, 9.17) is 0 Å². The van der Waals surface area contributed by atoms with E-state index in [0.717, 1.165) is 0 Å². The van der Waals surface area contributed by atoms with Crippen molar-refractivity contribution in [3.63, 3.8) is 0 Å². The van der Waals surface area contributed by atoms with E-state index in [-0.39, 0.29) is 18.6 Å². The highest BCUT2D eigenvalue weighted by atomic mass is 16.6. The average Bonchev–Trinajstić information content (AvgIpc) is 2.26. The maximum absolute atomic E-state index is 11.9. The summed E-state index contributed by atoms with van der Waals surface area (Å²) in [5.74, 6) is -0.830. The van der Waals surface area contributed by atoms with Gasteiger partial charge in [0.05, 0.1) is 13.5 Å². The molecule has 0 aromatic carbocycles. The summed E-state index contributed by atoms with van der Waals surface area (Å²) in [5, 5.41) is 10.7. The molecular formula is C11H19NO5. The van der Waals surface area contributed by atoms with E-state index in [1.165, 1.54) is 7.11 Å². The lowest BCUT2D eigenvalue weighted by atomic mass is 9.75. The van der Waals surface area contributed by atoms with E-state index in [1.54, 1.807) is 6.92 Å². The quantitative estimate of drug-likeness (QED) is 0.368. The van der Waals surface area contributed by atoms with Crippen molar-refractivity contribution in [3.05, 3.63) is 10.1 Å². The molecule has 0 saturated heterocycles. The molecule has 0 rings (SSSR count). The highest BCUT2D eigenvalue weighted by molar-refractivity contribution is 5.88. The van der Waals surface area contributed by atoms with E-state index < -0.39 is 22.9 Å². The van der Waals surface area contributed by atoms with Gasteiger partial charge in [0.2, 0.25) is 6.54 Å². The predicted octanol–water partition coefficient (Wildman–Crippen LogP) is 1.59. The summed E-state index contributed by atoms with van der Waals surface area (Å²) < 4.78 is 4.51. The molecule has 0 amide bonds. The Bertz CT molecular complexity index is 302. The van der Waals surface area contributed by atoms with Crippen molar-refractivity contribution < 1.29 is 19.2 Å². The van der Waals surface area contributed by atoms with Crippen molar-refractivity contribution >= 4 is 11.8 Å². The molecular weight excluding hydrogens is 226 g/mol. The predicted molar refractivity (Wildman–Crippen MR) is 61.1 cm³/mol. The van der Waals surface area contributed by atoms with Crippen molar-refractivity contribution in [3.8, 4) is 0 Å². The van der Waals surface area contributed by atoms with Gasteiger partial charge in [-0.05, 0) is 6.42 Å². The van der Waals surface area contributed by atoms with Crippen LogP contribution in [0.4, 0.5) is 0 Å². The Morgan fingerprint density at radius 1 is 1.35 bits per heavy atom. The maximum Gasteiger partial charge on any atom is 0.306 e. The Morgan fingerprint density at radius 2 is 1.94 bits per heavy atom. The van der Waals surface area contributed by atoms with E-state index >= 15 is 0 Å². The number of nitro groups is 1. The van der Waals surface area contributed by atoms with E-state index in [0.29, 0.717) is 12.8 Å². The molecule has 0 aliphatic heterocycles. The number of rotatable bonds is 8. The summed E-state index contributed by atoms with van der Waals surface area (Å²) in [5.41, 5.74) is -1.21. The number of methoxy groups -OCH3 is 1. The fourth-order valence-electron chi connectivity index (χ4n) is 2.00. The molecule has 98 valence electrons. The molecule has 17 heavy (non-hydrogen) atoms. The molecule has 0 radical (unpaired) electrons. The second-order valence-electron chi connectivity index (χ2n) is 4.05. The molecule has 6 heteroatoms.